The van der Waals surface area contributed by atoms with Crippen LogP contribution in [0.25, 0.3) is 0 Å². The normalized spacial score (nSPS) is 13.2. The fraction of sp³-hybridized carbons (Fsp3) is 0.533. The Labute approximate surface area is 113 Å². The van der Waals surface area contributed by atoms with Crippen LogP contribution in [0, 0.1) is 18.7 Å². The molecule has 0 saturated heterocycles. The lowest BCUT2D eigenvalue weighted by Crippen LogP contribution is -2.33. The third-order valence-electron chi connectivity index (χ3n) is 2.69. The zero-order chi connectivity index (χ0) is 14.6. The van der Waals surface area contributed by atoms with Crippen molar-refractivity contribution >= 4 is 5.97 Å². The molecule has 1 rings (SSSR count). The summed E-state index contributed by atoms with van der Waals surface area (Å²) in [6.07, 6.45) is 0.263. The third kappa shape index (κ3) is 4.99. The number of benzene rings is 1. The first-order chi connectivity index (χ1) is 8.73. The second-order valence-electron chi connectivity index (χ2n) is 5.77. The van der Waals surface area contributed by atoms with E-state index in [1.165, 1.54) is 6.07 Å². The second kappa shape index (κ2) is 6.15. The second-order valence-corrected chi connectivity index (χ2v) is 5.77. The van der Waals surface area contributed by atoms with Gasteiger partial charge in [-0.05, 0) is 45.7 Å². The average molecular weight is 267 g/mol. The molecule has 3 nitrogen and oxygen atoms in total. The summed E-state index contributed by atoms with van der Waals surface area (Å²) in [4.78, 5) is 12.0. The zero-order valence-corrected chi connectivity index (χ0v) is 12.0. The van der Waals surface area contributed by atoms with E-state index >= 15 is 0 Å². The van der Waals surface area contributed by atoms with Gasteiger partial charge in [0.1, 0.15) is 11.4 Å². The molecule has 1 aromatic carbocycles. The van der Waals surface area contributed by atoms with Crippen LogP contribution in [0.15, 0.2) is 18.2 Å². The Hall–Kier alpha value is -1.42. The summed E-state index contributed by atoms with van der Waals surface area (Å²) in [6.45, 7) is 7.42. The summed E-state index contributed by atoms with van der Waals surface area (Å²) >= 11 is 0. The lowest BCUT2D eigenvalue weighted by molar-refractivity contribution is -0.159. The number of carbonyl (C=O) groups is 1. The van der Waals surface area contributed by atoms with E-state index < -0.39 is 11.5 Å². The van der Waals surface area contributed by atoms with E-state index in [0.29, 0.717) is 5.56 Å². The van der Waals surface area contributed by atoms with E-state index in [9.17, 15) is 9.18 Å². The molecular formula is C15H22FNO2. The average Bonchev–Trinajstić information content (AvgIpc) is 2.27. The van der Waals surface area contributed by atoms with Crippen molar-refractivity contribution in [3.8, 4) is 0 Å². The van der Waals surface area contributed by atoms with E-state index in [2.05, 4.69) is 0 Å². The topological polar surface area (TPSA) is 52.3 Å². The summed E-state index contributed by atoms with van der Waals surface area (Å²) in [5.41, 5.74) is 6.50. The van der Waals surface area contributed by atoms with Crippen molar-refractivity contribution in [3.63, 3.8) is 0 Å². The third-order valence-corrected chi connectivity index (χ3v) is 2.69. The van der Waals surface area contributed by atoms with Crippen molar-refractivity contribution in [2.24, 2.45) is 11.7 Å². The highest BCUT2D eigenvalue weighted by molar-refractivity contribution is 5.73. The quantitative estimate of drug-likeness (QED) is 0.853. The Balaban J connectivity index is 2.82. The highest BCUT2D eigenvalue weighted by atomic mass is 19.1. The van der Waals surface area contributed by atoms with Crippen molar-refractivity contribution in [2.75, 3.05) is 6.54 Å². The first-order valence-electron chi connectivity index (χ1n) is 6.41. The van der Waals surface area contributed by atoms with Crippen molar-refractivity contribution in [2.45, 2.75) is 39.7 Å². The van der Waals surface area contributed by atoms with Crippen molar-refractivity contribution in [1.29, 1.82) is 0 Å². The number of rotatable bonds is 4. The Kier molecular flexibility index (Phi) is 5.06. The molecule has 1 unspecified atom stereocenters. The molecule has 0 bridgehead atoms. The smallest absolute Gasteiger partial charge is 0.311 e. The minimum absolute atomic E-state index is 0.141. The SMILES string of the molecule is Cc1ccc(F)c(CC(CN)C(=O)OC(C)(C)C)c1. The molecule has 0 radical (unpaired) electrons. The molecule has 4 heteroatoms. The molecule has 0 spiro atoms. The van der Waals surface area contributed by atoms with Crippen molar-refractivity contribution in [1.82, 2.24) is 0 Å². The number of esters is 1. The van der Waals surface area contributed by atoms with Gasteiger partial charge in [-0.3, -0.25) is 4.79 Å². The largest absolute Gasteiger partial charge is 0.460 e. The number of hydrogen-bond acceptors (Lipinski definition) is 3. The van der Waals surface area contributed by atoms with Gasteiger partial charge in [0.05, 0.1) is 5.92 Å². The fourth-order valence-electron chi connectivity index (χ4n) is 1.77. The number of aryl methyl sites for hydroxylation is 1. The summed E-state index contributed by atoms with van der Waals surface area (Å²) < 4.78 is 19.0. The summed E-state index contributed by atoms with van der Waals surface area (Å²) in [5, 5.41) is 0. The number of halogens is 1. The van der Waals surface area contributed by atoms with Crippen LogP contribution in [0.4, 0.5) is 4.39 Å². The maximum Gasteiger partial charge on any atom is 0.311 e. The number of nitrogens with two attached hydrogens (primary N) is 1. The molecule has 0 aromatic heterocycles. The summed E-state index contributed by atoms with van der Waals surface area (Å²) in [7, 11) is 0. The molecular weight excluding hydrogens is 245 g/mol. The van der Waals surface area contributed by atoms with E-state index in [-0.39, 0.29) is 24.8 Å². The molecule has 106 valence electrons. The van der Waals surface area contributed by atoms with Gasteiger partial charge in [-0.1, -0.05) is 17.7 Å². The highest BCUT2D eigenvalue weighted by Gasteiger charge is 2.25. The van der Waals surface area contributed by atoms with Gasteiger partial charge < -0.3 is 10.5 Å². The van der Waals surface area contributed by atoms with Crippen LogP contribution < -0.4 is 5.73 Å². The molecule has 0 aliphatic carbocycles. The molecule has 0 aliphatic heterocycles. The van der Waals surface area contributed by atoms with Crippen molar-refractivity contribution < 1.29 is 13.9 Å². The molecule has 0 fully saturated rings. The first kappa shape index (κ1) is 15.6. The van der Waals surface area contributed by atoms with Crippen LogP contribution >= 0.6 is 0 Å². The predicted octanol–water partition coefficient (Wildman–Crippen LogP) is 2.59. The Morgan fingerprint density at radius 2 is 2.05 bits per heavy atom. The highest BCUT2D eigenvalue weighted by Crippen LogP contribution is 2.18. The van der Waals surface area contributed by atoms with Crippen LogP contribution in [-0.4, -0.2) is 18.1 Å². The minimum atomic E-state index is -0.560. The molecule has 0 heterocycles. The molecule has 0 amide bonds. The van der Waals surface area contributed by atoms with Crippen molar-refractivity contribution in [3.05, 3.63) is 35.1 Å². The van der Waals surface area contributed by atoms with Gasteiger partial charge in [-0.25, -0.2) is 4.39 Å². The lowest BCUT2D eigenvalue weighted by Gasteiger charge is -2.23. The lowest BCUT2D eigenvalue weighted by atomic mass is 9.97. The maximum absolute atomic E-state index is 13.7. The predicted molar refractivity (Wildman–Crippen MR) is 73.2 cm³/mol. The fourth-order valence-corrected chi connectivity index (χ4v) is 1.77. The number of ether oxygens (including phenoxy) is 1. The van der Waals surface area contributed by atoms with Gasteiger partial charge >= 0.3 is 5.97 Å². The molecule has 1 atom stereocenters. The molecule has 19 heavy (non-hydrogen) atoms. The van der Waals surface area contributed by atoms with E-state index in [0.717, 1.165) is 5.56 Å². The van der Waals surface area contributed by atoms with Crippen LogP contribution in [0.1, 0.15) is 31.9 Å². The zero-order valence-electron chi connectivity index (χ0n) is 12.0. The Morgan fingerprint density at radius 1 is 1.42 bits per heavy atom. The van der Waals surface area contributed by atoms with E-state index in [1.807, 2.05) is 6.92 Å². The van der Waals surface area contributed by atoms with Gasteiger partial charge in [0.15, 0.2) is 0 Å². The molecule has 1 aromatic rings. The van der Waals surface area contributed by atoms with Crippen LogP contribution in [-0.2, 0) is 16.0 Å². The van der Waals surface area contributed by atoms with Gasteiger partial charge in [0, 0.05) is 6.54 Å². The monoisotopic (exact) mass is 267 g/mol. The Bertz CT molecular complexity index is 452. The first-order valence-corrected chi connectivity index (χ1v) is 6.41. The van der Waals surface area contributed by atoms with Gasteiger partial charge in [-0.15, -0.1) is 0 Å². The molecule has 0 saturated carbocycles. The summed E-state index contributed by atoms with van der Waals surface area (Å²) in [6, 6.07) is 4.85. The Morgan fingerprint density at radius 3 is 2.58 bits per heavy atom. The van der Waals surface area contributed by atoms with E-state index in [4.69, 9.17) is 10.5 Å². The van der Waals surface area contributed by atoms with Gasteiger partial charge in [0.2, 0.25) is 0 Å². The van der Waals surface area contributed by atoms with Crippen LogP contribution in [0.3, 0.4) is 0 Å². The van der Waals surface area contributed by atoms with Gasteiger partial charge in [-0.2, -0.15) is 0 Å². The molecule has 0 aliphatic rings. The summed E-state index contributed by atoms with van der Waals surface area (Å²) in [5.74, 6) is -1.21. The van der Waals surface area contributed by atoms with Crippen LogP contribution in [0.2, 0.25) is 0 Å². The van der Waals surface area contributed by atoms with E-state index in [1.54, 1.807) is 32.9 Å². The maximum atomic E-state index is 13.7. The number of hydrogen-bond donors (Lipinski definition) is 1. The number of carbonyl (C=O) groups excluding carboxylic acids is 1. The standard InChI is InChI=1S/C15H22FNO2/c1-10-5-6-13(16)11(7-10)8-12(9-17)14(18)19-15(2,3)4/h5-7,12H,8-9,17H2,1-4H3. The van der Waals surface area contributed by atoms with Gasteiger partial charge in [0.25, 0.3) is 0 Å². The van der Waals surface area contributed by atoms with Crippen LogP contribution in [0.5, 0.6) is 0 Å². The minimum Gasteiger partial charge on any atom is -0.460 e. The molecule has 2 N–H and O–H groups in total.